The summed E-state index contributed by atoms with van der Waals surface area (Å²) in [7, 11) is 0. The average molecular weight is 246 g/mol. The standard InChI is InChI=1S/C9H14N2O6/c1-5(14)10-7(4-13)9(17)11-6(3-12)2-8(15)16/h3,6-7,13H,2,4H2,1H3,(H,10,14)(H,11,17)(H,15,16)/t6-,7-/m0/s1. The van der Waals surface area contributed by atoms with Gasteiger partial charge in [-0.15, -0.1) is 0 Å². The van der Waals surface area contributed by atoms with E-state index in [1.54, 1.807) is 0 Å². The van der Waals surface area contributed by atoms with E-state index in [9.17, 15) is 19.2 Å². The molecule has 0 aromatic heterocycles. The van der Waals surface area contributed by atoms with Gasteiger partial charge < -0.3 is 25.6 Å². The molecule has 0 radical (unpaired) electrons. The summed E-state index contributed by atoms with van der Waals surface area (Å²) in [6.07, 6.45) is -0.290. The lowest BCUT2D eigenvalue weighted by molar-refractivity contribution is -0.139. The molecule has 96 valence electrons. The number of aliphatic hydroxyl groups is 1. The molecular formula is C9H14N2O6. The van der Waals surface area contributed by atoms with Crippen LogP contribution in [-0.4, -0.2) is 53.0 Å². The Labute approximate surface area is 97.0 Å². The van der Waals surface area contributed by atoms with E-state index in [0.717, 1.165) is 6.92 Å². The number of carboxylic acid groups (broad SMARTS) is 1. The highest BCUT2D eigenvalue weighted by molar-refractivity contribution is 5.89. The zero-order chi connectivity index (χ0) is 13.4. The molecule has 0 aromatic rings. The molecule has 2 amide bonds. The lowest BCUT2D eigenvalue weighted by atomic mass is 10.2. The summed E-state index contributed by atoms with van der Waals surface area (Å²) in [5, 5.41) is 21.5. The first kappa shape index (κ1) is 15.0. The van der Waals surface area contributed by atoms with Gasteiger partial charge in [-0.1, -0.05) is 0 Å². The van der Waals surface area contributed by atoms with Crippen LogP contribution in [0.4, 0.5) is 0 Å². The number of nitrogens with one attached hydrogen (secondary N) is 2. The maximum Gasteiger partial charge on any atom is 0.305 e. The van der Waals surface area contributed by atoms with E-state index in [-0.39, 0.29) is 6.29 Å². The first-order valence-electron chi connectivity index (χ1n) is 4.76. The van der Waals surface area contributed by atoms with Crippen LogP contribution in [0.5, 0.6) is 0 Å². The van der Waals surface area contributed by atoms with E-state index in [0.29, 0.717) is 0 Å². The number of hydrogen-bond acceptors (Lipinski definition) is 5. The second kappa shape index (κ2) is 7.34. The Morgan fingerprint density at radius 2 is 1.88 bits per heavy atom. The van der Waals surface area contributed by atoms with Gasteiger partial charge in [-0.25, -0.2) is 0 Å². The number of rotatable bonds is 7. The number of carboxylic acids is 1. The minimum absolute atomic E-state index is 0.272. The van der Waals surface area contributed by atoms with Crippen LogP contribution in [0.25, 0.3) is 0 Å². The number of aliphatic carboxylic acids is 1. The first-order valence-corrected chi connectivity index (χ1v) is 4.76. The smallest absolute Gasteiger partial charge is 0.305 e. The van der Waals surface area contributed by atoms with Crippen LogP contribution in [0, 0.1) is 0 Å². The van der Waals surface area contributed by atoms with Gasteiger partial charge in [-0.05, 0) is 0 Å². The monoisotopic (exact) mass is 246 g/mol. The van der Waals surface area contributed by atoms with Gasteiger partial charge >= 0.3 is 5.97 Å². The van der Waals surface area contributed by atoms with Gasteiger partial charge in [0, 0.05) is 6.92 Å². The van der Waals surface area contributed by atoms with Crippen molar-refractivity contribution in [3.8, 4) is 0 Å². The summed E-state index contributed by atoms with van der Waals surface area (Å²) < 4.78 is 0. The van der Waals surface area contributed by atoms with Crippen molar-refractivity contribution in [3.05, 3.63) is 0 Å². The van der Waals surface area contributed by atoms with Crippen molar-refractivity contribution in [2.24, 2.45) is 0 Å². The lowest BCUT2D eigenvalue weighted by Gasteiger charge is -2.17. The SMILES string of the molecule is CC(=O)N[C@@H](CO)C(=O)N[C@H](C=O)CC(=O)O. The van der Waals surface area contributed by atoms with Crippen LogP contribution in [0.3, 0.4) is 0 Å². The fraction of sp³-hybridized carbons (Fsp3) is 0.556. The Morgan fingerprint density at radius 1 is 1.29 bits per heavy atom. The van der Waals surface area contributed by atoms with Crippen LogP contribution in [-0.2, 0) is 19.2 Å². The van der Waals surface area contributed by atoms with Gasteiger partial charge in [0.15, 0.2) is 0 Å². The molecule has 4 N–H and O–H groups in total. The molecule has 0 aromatic carbocycles. The second-order valence-electron chi connectivity index (χ2n) is 3.28. The molecule has 17 heavy (non-hydrogen) atoms. The third kappa shape index (κ3) is 6.25. The number of carbonyl (C=O) groups excluding carboxylic acids is 3. The van der Waals surface area contributed by atoms with Crippen molar-refractivity contribution in [1.82, 2.24) is 10.6 Å². The second-order valence-corrected chi connectivity index (χ2v) is 3.28. The largest absolute Gasteiger partial charge is 0.481 e. The highest BCUT2D eigenvalue weighted by Gasteiger charge is 2.22. The van der Waals surface area contributed by atoms with Gasteiger partial charge in [0.2, 0.25) is 11.8 Å². The normalized spacial score (nSPS) is 13.3. The van der Waals surface area contributed by atoms with Crippen molar-refractivity contribution < 1.29 is 29.4 Å². The Morgan fingerprint density at radius 3 is 2.24 bits per heavy atom. The number of carbonyl (C=O) groups is 4. The average Bonchev–Trinajstić information content (AvgIpc) is 2.23. The van der Waals surface area contributed by atoms with E-state index in [4.69, 9.17) is 10.2 Å². The van der Waals surface area contributed by atoms with Crippen molar-refractivity contribution in [3.63, 3.8) is 0 Å². The molecule has 0 aliphatic heterocycles. The zero-order valence-corrected chi connectivity index (χ0v) is 9.17. The number of hydrogen-bond donors (Lipinski definition) is 4. The zero-order valence-electron chi connectivity index (χ0n) is 9.17. The predicted octanol–water partition coefficient (Wildman–Crippen LogP) is -2.36. The van der Waals surface area contributed by atoms with Gasteiger partial charge in [0.25, 0.3) is 0 Å². The maximum absolute atomic E-state index is 11.4. The van der Waals surface area contributed by atoms with Gasteiger partial charge in [-0.2, -0.15) is 0 Å². The molecule has 0 heterocycles. The highest BCUT2D eigenvalue weighted by atomic mass is 16.4. The number of aliphatic hydroxyl groups excluding tert-OH is 1. The lowest BCUT2D eigenvalue weighted by Crippen LogP contribution is -2.51. The Balaban J connectivity index is 4.41. The Hall–Kier alpha value is -1.96. The van der Waals surface area contributed by atoms with Gasteiger partial charge in [0.1, 0.15) is 12.3 Å². The summed E-state index contributed by atoms with van der Waals surface area (Å²) in [6.45, 7) is 0.508. The van der Waals surface area contributed by atoms with Crippen LogP contribution in [0.2, 0.25) is 0 Å². The maximum atomic E-state index is 11.4. The number of amides is 2. The summed E-state index contributed by atoms with van der Waals surface area (Å²) in [5.74, 6) is -2.59. The summed E-state index contributed by atoms with van der Waals surface area (Å²) >= 11 is 0. The first-order chi connectivity index (χ1) is 7.90. The third-order valence-corrected chi connectivity index (χ3v) is 1.76. The Bertz CT molecular complexity index is 317. The summed E-state index contributed by atoms with van der Waals surface area (Å²) in [4.78, 5) is 42.9. The Kier molecular flexibility index (Phi) is 6.49. The number of aldehydes is 1. The minimum atomic E-state index is -1.25. The van der Waals surface area contributed by atoms with Crippen LogP contribution in [0.1, 0.15) is 13.3 Å². The van der Waals surface area contributed by atoms with E-state index in [2.05, 4.69) is 10.6 Å². The molecule has 0 rings (SSSR count). The van der Waals surface area contributed by atoms with Crippen molar-refractivity contribution in [2.75, 3.05) is 6.61 Å². The van der Waals surface area contributed by atoms with E-state index in [1.165, 1.54) is 0 Å². The fourth-order valence-corrected chi connectivity index (χ4v) is 1.04. The molecule has 0 saturated carbocycles. The molecule has 8 nitrogen and oxygen atoms in total. The van der Waals surface area contributed by atoms with Crippen LogP contribution >= 0.6 is 0 Å². The van der Waals surface area contributed by atoms with Crippen molar-refractivity contribution in [1.29, 1.82) is 0 Å². The molecular weight excluding hydrogens is 232 g/mol. The summed E-state index contributed by atoms with van der Waals surface area (Å²) in [6, 6.07) is -2.40. The quantitative estimate of drug-likeness (QED) is 0.371. The molecule has 0 saturated heterocycles. The fourth-order valence-electron chi connectivity index (χ4n) is 1.04. The molecule has 0 aliphatic rings. The van der Waals surface area contributed by atoms with E-state index in [1.807, 2.05) is 0 Å². The molecule has 0 spiro atoms. The molecule has 0 unspecified atom stereocenters. The highest BCUT2D eigenvalue weighted by Crippen LogP contribution is 1.91. The van der Waals surface area contributed by atoms with E-state index < -0.39 is 42.9 Å². The molecule has 2 atom stereocenters. The van der Waals surface area contributed by atoms with Crippen molar-refractivity contribution >= 4 is 24.1 Å². The van der Waals surface area contributed by atoms with Gasteiger partial charge in [-0.3, -0.25) is 14.4 Å². The van der Waals surface area contributed by atoms with Crippen LogP contribution in [0.15, 0.2) is 0 Å². The molecule has 8 heteroatoms. The van der Waals surface area contributed by atoms with E-state index >= 15 is 0 Å². The predicted molar refractivity (Wildman–Crippen MR) is 54.9 cm³/mol. The summed E-state index contributed by atoms with van der Waals surface area (Å²) in [5.41, 5.74) is 0. The topological polar surface area (TPSA) is 133 Å². The van der Waals surface area contributed by atoms with Gasteiger partial charge in [0.05, 0.1) is 19.1 Å². The molecule has 0 fully saturated rings. The van der Waals surface area contributed by atoms with Crippen molar-refractivity contribution in [2.45, 2.75) is 25.4 Å². The minimum Gasteiger partial charge on any atom is -0.481 e. The molecule has 0 aliphatic carbocycles. The van der Waals surface area contributed by atoms with Crippen LogP contribution < -0.4 is 10.6 Å². The third-order valence-electron chi connectivity index (χ3n) is 1.76. The molecule has 0 bridgehead atoms.